The molecule has 3 nitrogen and oxygen atoms in total. The molecule has 21 heavy (non-hydrogen) atoms. The smallest absolute Gasteiger partial charge is 0.224 e. The van der Waals surface area contributed by atoms with Gasteiger partial charge in [-0.15, -0.1) is 11.3 Å². The summed E-state index contributed by atoms with van der Waals surface area (Å²) in [4.78, 5) is 25.3. The summed E-state index contributed by atoms with van der Waals surface area (Å²) in [6.07, 6.45) is 0.148. The van der Waals surface area contributed by atoms with Gasteiger partial charge in [0.25, 0.3) is 0 Å². The monoisotopic (exact) mass is 369 g/mol. The van der Waals surface area contributed by atoms with Gasteiger partial charge >= 0.3 is 0 Å². The molecule has 110 valence electrons. The van der Waals surface area contributed by atoms with Gasteiger partial charge in [0.05, 0.1) is 10.6 Å². The number of thiophene rings is 1. The van der Waals surface area contributed by atoms with E-state index in [1.165, 1.54) is 23.5 Å². The van der Waals surface area contributed by atoms with Crippen LogP contribution >= 0.6 is 27.3 Å². The predicted molar refractivity (Wildman–Crippen MR) is 85.4 cm³/mol. The van der Waals surface area contributed by atoms with Gasteiger partial charge in [0.2, 0.25) is 5.91 Å². The van der Waals surface area contributed by atoms with E-state index < -0.39 is 5.82 Å². The number of rotatable bonds is 5. The van der Waals surface area contributed by atoms with Crippen LogP contribution in [-0.4, -0.2) is 11.7 Å². The average Bonchev–Trinajstić information content (AvgIpc) is 2.86. The van der Waals surface area contributed by atoms with E-state index in [0.717, 1.165) is 4.88 Å². The number of amides is 1. The second-order valence-electron chi connectivity index (χ2n) is 4.51. The van der Waals surface area contributed by atoms with Crippen molar-refractivity contribution >= 4 is 44.6 Å². The number of halogens is 2. The van der Waals surface area contributed by atoms with E-state index in [1.54, 1.807) is 12.1 Å². The lowest BCUT2D eigenvalue weighted by atomic mass is 10.2. The van der Waals surface area contributed by atoms with Crippen LogP contribution in [0.2, 0.25) is 0 Å². The average molecular weight is 370 g/mol. The van der Waals surface area contributed by atoms with Crippen molar-refractivity contribution in [2.75, 3.05) is 5.32 Å². The third-order valence-corrected chi connectivity index (χ3v) is 4.33. The van der Waals surface area contributed by atoms with Crippen LogP contribution in [0.1, 0.15) is 27.4 Å². The molecular formula is C15H13BrFNO2S. The number of hydrogen-bond donors (Lipinski definition) is 1. The summed E-state index contributed by atoms with van der Waals surface area (Å²) >= 11 is 4.55. The topological polar surface area (TPSA) is 46.2 Å². The van der Waals surface area contributed by atoms with Gasteiger partial charge in [-0.25, -0.2) is 4.39 Å². The Bertz CT molecular complexity index is 684. The molecule has 1 N–H and O–H groups in total. The molecule has 0 spiro atoms. The molecule has 2 rings (SSSR count). The summed E-state index contributed by atoms with van der Waals surface area (Å²) in [5.41, 5.74) is 0.114. The molecule has 0 unspecified atom stereocenters. The summed E-state index contributed by atoms with van der Waals surface area (Å²) in [6, 6.07) is 8.01. The fourth-order valence-corrected chi connectivity index (χ4v) is 2.91. The first-order valence-corrected chi connectivity index (χ1v) is 7.91. The molecule has 1 aromatic carbocycles. The Labute approximate surface area is 134 Å². The van der Waals surface area contributed by atoms with Crippen LogP contribution < -0.4 is 5.32 Å². The maximum atomic E-state index is 13.6. The molecule has 0 radical (unpaired) electrons. The summed E-state index contributed by atoms with van der Waals surface area (Å²) < 4.78 is 14.2. The number of nitrogens with one attached hydrogen (secondary N) is 1. The lowest BCUT2D eigenvalue weighted by Gasteiger charge is -2.06. The zero-order valence-corrected chi connectivity index (χ0v) is 13.7. The second-order valence-corrected chi connectivity index (χ2v) is 6.71. The SMILES string of the molecule is Cc1ccc(C(=O)CCC(=O)Nc2ccc(Br)cc2F)s1. The minimum Gasteiger partial charge on any atom is -0.324 e. The highest BCUT2D eigenvalue weighted by atomic mass is 79.9. The van der Waals surface area contributed by atoms with Crippen molar-refractivity contribution in [3.05, 3.63) is 50.4 Å². The highest BCUT2D eigenvalue weighted by Crippen LogP contribution is 2.20. The third kappa shape index (κ3) is 4.47. The first-order chi connectivity index (χ1) is 9.95. The first-order valence-electron chi connectivity index (χ1n) is 6.30. The lowest BCUT2D eigenvalue weighted by molar-refractivity contribution is -0.116. The molecular weight excluding hydrogens is 357 g/mol. The standard InChI is InChI=1S/C15H13BrFNO2S/c1-9-2-6-14(21-9)13(19)5-7-15(20)18-12-4-3-10(16)8-11(12)17/h2-4,6,8H,5,7H2,1H3,(H,18,20). The largest absolute Gasteiger partial charge is 0.324 e. The van der Waals surface area contributed by atoms with Gasteiger partial charge in [-0.05, 0) is 37.3 Å². The quantitative estimate of drug-likeness (QED) is 0.785. The van der Waals surface area contributed by atoms with Crippen LogP contribution in [0.25, 0.3) is 0 Å². The van der Waals surface area contributed by atoms with Crippen LogP contribution in [0.3, 0.4) is 0 Å². The summed E-state index contributed by atoms with van der Waals surface area (Å²) in [5.74, 6) is -0.963. The van der Waals surface area contributed by atoms with Crippen molar-refractivity contribution in [2.45, 2.75) is 19.8 Å². The number of hydrogen-bond acceptors (Lipinski definition) is 3. The fraction of sp³-hybridized carbons (Fsp3) is 0.200. The van der Waals surface area contributed by atoms with Crippen molar-refractivity contribution in [3.8, 4) is 0 Å². The van der Waals surface area contributed by atoms with Crippen molar-refractivity contribution in [1.29, 1.82) is 0 Å². The van der Waals surface area contributed by atoms with E-state index in [0.29, 0.717) is 9.35 Å². The van der Waals surface area contributed by atoms with Gasteiger partial charge in [0.15, 0.2) is 5.78 Å². The molecule has 0 fully saturated rings. The van der Waals surface area contributed by atoms with Gasteiger partial charge < -0.3 is 5.32 Å². The number of anilines is 1. The fourth-order valence-electron chi connectivity index (χ4n) is 1.74. The maximum absolute atomic E-state index is 13.6. The minimum atomic E-state index is -0.516. The van der Waals surface area contributed by atoms with Crippen LogP contribution in [0.4, 0.5) is 10.1 Å². The highest BCUT2D eigenvalue weighted by molar-refractivity contribution is 9.10. The van der Waals surface area contributed by atoms with Gasteiger partial charge in [0, 0.05) is 22.2 Å². The van der Waals surface area contributed by atoms with Crippen LogP contribution in [-0.2, 0) is 4.79 Å². The van der Waals surface area contributed by atoms with E-state index in [2.05, 4.69) is 21.2 Å². The number of Topliss-reactive ketones (excluding diaryl/α,β-unsaturated/α-hetero) is 1. The Kier molecular flexibility index (Phi) is 5.25. The Morgan fingerprint density at radius 2 is 2.00 bits per heavy atom. The van der Waals surface area contributed by atoms with Crippen molar-refractivity contribution in [2.24, 2.45) is 0 Å². The second kappa shape index (κ2) is 6.95. The van der Waals surface area contributed by atoms with E-state index in [4.69, 9.17) is 0 Å². The van der Waals surface area contributed by atoms with Crippen molar-refractivity contribution in [3.63, 3.8) is 0 Å². The molecule has 1 amide bonds. The molecule has 0 saturated carbocycles. The van der Waals surface area contributed by atoms with Gasteiger partial charge in [-0.2, -0.15) is 0 Å². The molecule has 0 atom stereocenters. The number of aryl methyl sites for hydroxylation is 1. The third-order valence-electron chi connectivity index (χ3n) is 2.80. The Balaban J connectivity index is 1.89. The van der Waals surface area contributed by atoms with Crippen molar-refractivity contribution < 1.29 is 14.0 Å². The van der Waals surface area contributed by atoms with Gasteiger partial charge in [-0.3, -0.25) is 9.59 Å². The van der Waals surface area contributed by atoms with Crippen LogP contribution in [0.5, 0.6) is 0 Å². The Morgan fingerprint density at radius 3 is 2.62 bits per heavy atom. The number of carbonyl (C=O) groups excluding carboxylic acids is 2. The molecule has 0 saturated heterocycles. The highest BCUT2D eigenvalue weighted by Gasteiger charge is 2.12. The molecule has 0 aliphatic carbocycles. The van der Waals surface area contributed by atoms with Gasteiger partial charge in [-0.1, -0.05) is 15.9 Å². The molecule has 0 bridgehead atoms. The number of ketones is 1. The number of benzene rings is 1. The van der Waals surface area contributed by atoms with Crippen molar-refractivity contribution in [1.82, 2.24) is 0 Å². The lowest BCUT2D eigenvalue weighted by Crippen LogP contribution is -2.14. The van der Waals surface area contributed by atoms with E-state index in [-0.39, 0.29) is 30.2 Å². The maximum Gasteiger partial charge on any atom is 0.224 e. The Morgan fingerprint density at radius 1 is 1.24 bits per heavy atom. The normalized spacial score (nSPS) is 10.4. The molecule has 0 aliphatic rings. The van der Waals surface area contributed by atoms with Gasteiger partial charge in [0.1, 0.15) is 5.82 Å². The zero-order valence-electron chi connectivity index (χ0n) is 11.3. The molecule has 2 aromatic rings. The first kappa shape index (κ1) is 15.9. The number of carbonyl (C=O) groups is 2. The molecule has 0 aliphatic heterocycles. The summed E-state index contributed by atoms with van der Waals surface area (Å²) in [6.45, 7) is 1.92. The van der Waals surface area contributed by atoms with Crippen LogP contribution in [0.15, 0.2) is 34.8 Å². The Hall–Kier alpha value is -1.53. The van der Waals surface area contributed by atoms with Crippen LogP contribution in [0, 0.1) is 12.7 Å². The van der Waals surface area contributed by atoms with E-state index >= 15 is 0 Å². The van der Waals surface area contributed by atoms with E-state index in [1.807, 2.05) is 13.0 Å². The minimum absolute atomic E-state index is 0.0330. The molecule has 1 heterocycles. The molecule has 1 aromatic heterocycles. The predicted octanol–water partition coefficient (Wildman–Crippen LogP) is 4.56. The summed E-state index contributed by atoms with van der Waals surface area (Å²) in [5, 5.41) is 2.47. The zero-order chi connectivity index (χ0) is 15.4. The summed E-state index contributed by atoms with van der Waals surface area (Å²) in [7, 11) is 0. The molecule has 6 heteroatoms. The van der Waals surface area contributed by atoms with E-state index in [9.17, 15) is 14.0 Å².